The number of sulfonamides is 1. The van der Waals surface area contributed by atoms with E-state index < -0.39 is 28.5 Å². The maximum absolute atomic E-state index is 13.7. The highest BCUT2D eigenvalue weighted by Crippen LogP contribution is 2.23. The number of methoxy groups -OCH3 is 1. The van der Waals surface area contributed by atoms with Gasteiger partial charge in [-0.05, 0) is 61.1 Å². The van der Waals surface area contributed by atoms with E-state index in [2.05, 4.69) is 19.2 Å². The second-order valence-electron chi connectivity index (χ2n) is 10.4. The highest BCUT2D eigenvalue weighted by Gasteiger charge is 2.31. The molecule has 9 heteroatoms. The lowest BCUT2D eigenvalue weighted by Crippen LogP contribution is -2.52. The number of hydrogen-bond donors (Lipinski definition) is 1. The first-order valence-corrected chi connectivity index (χ1v) is 15.1. The standard InChI is InChI=1S/C29H41N3O5S/c1-21(2)24-13-15-26(16-14-24)32(38(5,35)36)20-28(33)31(19-23-11-17-27(37-4)18-12-23)22(3)29(34)30-25-9-7-6-8-10-25/h11-18,21-22,25H,6-10,19-20H2,1-5H3,(H,30,34)/t22-/m1/s1. The summed E-state index contributed by atoms with van der Waals surface area (Å²) in [4.78, 5) is 28.4. The molecule has 0 bridgehead atoms. The van der Waals surface area contributed by atoms with E-state index in [1.807, 2.05) is 24.3 Å². The Morgan fingerprint density at radius 2 is 1.58 bits per heavy atom. The average Bonchev–Trinajstić information content (AvgIpc) is 2.90. The van der Waals surface area contributed by atoms with Gasteiger partial charge >= 0.3 is 0 Å². The Bertz CT molecular complexity index is 1170. The van der Waals surface area contributed by atoms with Crippen LogP contribution in [-0.4, -0.2) is 57.1 Å². The van der Waals surface area contributed by atoms with Crippen LogP contribution in [0.4, 0.5) is 5.69 Å². The van der Waals surface area contributed by atoms with E-state index >= 15 is 0 Å². The summed E-state index contributed by atoms with van der Waals surface area (Å²) < 4.78 is 31.9. The van der Waals surface area contributed by atoms with Gasteiger partial charge in [-0.1, -0.05) is 57.4 Å². The van der Waals surface area contributed by atoms with Crippen LogP contribution in [0.25, 0.3) is 0 Å². The number of ether oxygens (including phenoxy) is 1. The van der Waals surface area contributed by atoms with E-state index in [4.69, 9.17) is 4.74 Å². The number of carbonyl (C=O) groups is 2. The van der Waals surface area contributed by atoms with Gasteiger partial charge in [0.15, 0.2) is 0 Å². The van der Waals surface area contributed by atoms with Crippen molar-refractivity contribution in [2.24, 2.45) is 0 Å². The van der Waals surface area contributed by atoms with E-state index in [-0.39, 0.29) is 18.5 Å². The van der Waals surface area contributed by atoms with Gasteiger partial charge in [0.05, 0.1) is 19.1 Å². The van der Waals surface area contributed by atoms with E-state index in [1.165, 1.54) is 11.3 Å². The maximum Gasteiger partial charge on any atom is 0.244 e. The molecule has 1 N–H and O–H groups in total. The summed E-state index contributed by atoms with van der Waals surface area (Å²) in [6.45, 7) is 5.57. The number of anilines is 1. The summed E-state index contributed by atoms with van der Waals surface area (Å²) in [5, 5.41) is 3.11. The fraction of sp³-hybridized carbons (Fsp3) is 0.517. The first-order valence-electron chi connectivity index (χ1n) is 13.3. The molecule has 1 atom stereocenters. The van der Waals surface area contributed by atoms with Crippen molar-refractivity contribution in [3.63, 3.8) is 0 Å². The molecule has 0 radical (unpaired) electrons. The molecule has 8 nitrogen and oxygen atoms in total. The minimum atomic E-state index is -3.76. The van der Waals surface area contributed by atoms with E-state index in [0.29, 0.717) is 17.4 Å². The minimum Gasteiger partial charge on any atom is -0.497 e. The summed E-state index contributed by atoms with van der Waals surface area (Å²) in [7, 11) is -2.18. The topological polar surface area (TPSA) is 96.0 Å². The Labute approximate surface area is 227 Å². The molecule has 0 heterocycles. The molecule has 2 aromatic carbocycles. The van der Waals surface area contributed by atoms with Crippen molar-refractivity contribution in [2.45, 2.75) is 77.4 Å². The summed E-state index contributed by atoms with van der Waals surface area (Å²) in [6, 6.07) is 13.8. The SMILES string of the molecule is COc1ccc(CN(C(=O)CN(c2ccc(C(C)C)cc2)S(C)(=O)=O)[C@H](C)C(=O)NC2CCCCC2)cc1. The van der Waals surface area contributed by atoms with Gasteiger partial charge in [-0.3, -0.25) is 13.9 Å². The molecule has 1 aliphatic carbocycles. The maximum atomic E-state index is 13.7. The van der Waals surface area contributed by atoms with Crippen LogP contribution in [-0.2, 0) is 26.2 Å². The Hall–Kier alpha value is -3.07. The molecule has 2 aromatic rings. The zero-order valence-corrected chi connectivity index (χ0v) is 24.0. The highest BCUT2D eigenvalue weighted by atomic mass is 32.2. The van der Waals surface area contributed by atoms with Gasteiger partial charge < -0.3 is 15.0 Å². The lowest BCUT2D eigenvalue weighted by Gasteiger charge is -2.33. The van der Waals surface area contributed by atoms with Crippen LogP contribution in [0.2, 0.25) is 0 Å². The Kier molecular flexibility index (Phi) is 10.2. The molecule has 0 saturated heterocycles. The quantitative estimate of drug-likeness (QED) is 0.452. The number of amides is 2. The van der Waals surface area contributed by atoms with Crippen molar-refractivity contribution >= 4 is 27.5 Å². The van der Waals surface area contributed by atoms with Crippen molar-refractivity contribution in [1.29, 1.82) is 0 Å². The molecule has 1 fully saturated rings. The molecule has 1 aliphatic rings. The van der Waals surface area contributed by atoms with Gasteiger partial charge in [0.2, 0.25) is 21.8 Å². The highest BCUT2D eigenvalue weighted by molar-refractivity contribution is 7.92. The predicted molar refractivity (Wildman–Crippen MR) is 151 cm³/mol. The number of benzene rings is 2. The van der Waals surface area contributed by atoms with Crippen molar-refractivity contribution in [1.82, 2.24) is 10.2 Å². The Morgan fingerprint density at radius 3 is 2.11 bits per heavy atom. The molecule has 1 saturated carbocycles. The van der Waals surface area contributed by atoms with Crippen LogP contribution < -0.4 is 14.4 Å². The third kappa shape index (κ3) is 7.96. The number of hydrogen-bond acceptors (Lipinski definition) is 5. The molecule has 2 amide bonds. The monoisotopic (exact) mass is 543 g/mol. The normalized spacial score (nSPS) is 15.1. The fourth-order valence-corrected chi connectivity index (χ4v) is 5.57. The largest absolute Gasteiger partial charge is 0.497 e. The number of nitrogens with zero attached hydrogens (tertiary/aromatic N) is 2. The van der Waals surface area contributed by atoms with Gasteiger partial charge in [0.1, 0.15) is 18.3 Å². The minimum absolute atomic E-state index is 0.101. The third-order valence-electron chi connectivity index (χ3n) is 7.16. The second-order valence-corrected chi connectivity index (χ2v) is 12.3. The van der Waals surface area contributed by atoms with Crippen molar-refractivity contribution < 1.29 is 22.7 Å². The number of carbonyl (C=O) groups excluding carboxylic acids is 2. The zero-order chi connectivity index (χ0) is 27.9. The summed E-state index contributed by atoms with van der Waals surface area (Å²) in [6.07, 6.45) is 6.27. The van der Waals surface area contributed by atoms with Gasteiger partial charge in [0.25, 0.3) is 0 Å². The lowest BCUT2D eigenvalue weighted by atomic mass is 9.95. The molecule has 0 spiro atoms. The molecule has 38 heavy (non-hydrogen) atoms. The first-order chi connectivity index (χ1) is 18.0. The predicted octanol–water partition coefficient (Wildman–Crippen LogP) is 4.45. The van der Waals surface area contributed by atoms with E-state index in [9.17, 15) is 18.0 Å². The van der Waals surface area contributed by atoms with Crippen LogP contribution in [0.1, 0.15) is 69.9 Å². The van der Waals surface area contributed by atoms with E-state index in [0.717, 1.165) is 47.4 Å². The fourth-order valence-electron chi connectivity index (χ4n) is 4.72. The zero-order valence-electron chi connectivity index (χ0n) is 23.1. The Balaban J connectivity index is 1.86. The van der Waals surface area contributed by atoms with Gasteiger partial charge in [-0.15, -0.1) is 0 Å². The van der Waals surface area contributed by atoms with Crippen LogP contribution in [0, 0.1) is 0 Å². The molecule has 0 aromatic heterocycles. The Morgan fingerprint density at radius 1 is 0.974 bits per heavy atom. The van der Waals surface area contributed by atoms with Crippen molar-refractivity contribution in [3.8, 4) is 5.75 Å². The number of nitrogens with one attached hydrogen (secondary N) is 1. The third-order valence-corrected chi connectivity index (χ3v) is 8.30. The van der Waals surface area contributed by atoms with Crippen LogP contribution in [0.3, 0.4) is 0 Å². The summed E-state index contributed by atoms with van der Waals surface area (Å²) in [5.41, 5.74) is 2.29. The van der Waals surface area contributed by atoms with Crippen LogP contribution >= 0.6 is 0 Å². The lowest BCUT2D eigenvalue weighted by molar-refractivity contribution is -0.139. The molecule has 208 valence electrons. The molecule has 0 unspecified atom stereocenters. The molecular weight excluding hydrogens is 502 g/mol. The molecule has 0 aliphatic heterocycles. The van der Waals surface area contributed by atoms with Crippen molar-refractivity contribution in [2.75, 3.05) is 24.2 Å². The van der Waals surface area contributed by atoms with Gasteiger partial charge in [-0.2, -0.15) is 0 Å². The number of rotatable bonds is 11. The average molecular weight is 544 g/mol. The first kappa shape index (κ1) is 29.5. The van der Waals surface area contributed by atoms with Gasteiger partial charge in [0, 0.05) is 12.6 Å². The smallest absolute Gasteiger partial charge is 0.244 e. The van der Waals surface area contributed by atoms with Crippen LogP contribution in [0.15, 0.2) is 48.5 Å². The second kappa shape index (κ2) is 13.1. The molecule has 3 rings (SSSR count). The van der Waals surface area contributed by atoms with Gasteiger partial charge in [-0.25, -0.2) is 8.42 Å². The molecular formula is C29H41N3O5S. The van der Waals surface area contributed by atoms with Crippen molar-refractivity contribution in [3.05, 3.63) is 59.7 Å². The summed E-state index contributed by atoms with van der Waals surface area (Å²) >= 11 is 0. The summed E-state index contributed by atoms with van der Waals surface area (Å²) in [5.74, 6) is 0.292. The van der Waals surface area contributed by atoms with Crippen LogP contribution in [0.5, 0.6) is 5.75 Å². The van der Waals surface area contributed by atoms with E-state index in [1.54, 1.807) is 38.3 Å².